The molecule has 0 saturated heterocycles. The van der Waals surface area contributed by atoms with Crippen LogP contribution in [0.3, 0.4) is 0 Å². The maximum Gasteiger partial charge on any atom is 0.270 e. The van der Waals surface area contributed by atoms with Gasteiger partial charge in [-0.05, 0) is 19.1 Å². The van der Waals surface area contributed by atoms with Gasteiger partial charge >= 0.3 is 0 Å². The van der Waals surface area contributed by atoms with Crippen LogP contribution in [0.4, 0.5) is 5.82 Å². The molecule has 1 rings (SSSR count). The summed E-state index contributed by atoms with van der Waals surface area (Å²) < 4.78 is 5.03. The quantitative estimate of drug-likeness (QED) is 0.778. The predicted octanol–water partition coefficient (Wildman–Crippen LogP) is 0.888. The van der Waals surface area contributed by atoms with Crippen molar-refractivity contribution in [3.63, 3.8) is 0 Å². The van der Waals surface area contributed by atoms with Crippen molar-refractivity contribution in [2.75, 3.05) is 26.0 Å². The van der Waals surface area contributed by atoms with Gasteiger partial charge in [0.2, 0.25) is 0 Å². The summed E-state index contributed by atoms with van der Waals surface area (Å²) in [6.07, 6.45) is -0.00330. The third-order valence-corrected chi connectivity index (χ3v) is 2.19. The highest BCUT2D eigenvalue weighted by molar-refractivity contribution is 5.92. The van der Waals surface area contributed by atoms with Crippen molar-refractivity contribution in [1.82, 2.24) is 10.3 Å². The minimum atomic E-state index is -0.194. The number of methoxy groups -OCH3 is 1. The molecule has 1 atom stereocenters. The second-order valence-corrected chi connectivity index (χ2v) is 3.41. The van der Waals surface area contributed by atoms with Crippen LogP contribution in [0.5, 0.6) is 0 Å². The number of anilines is 1. The number of nitrogens with one attached hydrogen (secondary N) is 2. The average Bonchev–Trinajstić information content (AvgIpc) is 2.35. The minimum absolute atomic E-state index is 0.00330. The van der Waals surface area contributed by atoms with E-state index in [0.717, 1.165) is 0 Å². The van der Waals surface area contributed by atoms with Crippen LogP contribution in [0.15, 0.2) is 18.2 Å². The van der Waals surface area contributed by atoms with Gasteiger partial charge in [-0.25, -0.2) is 4.98 Å². The summed E-state index contributed by atoms with van der Waals surface area (Å²) in [4.78, 5) is 15.8. The van der Waals surface area contributed by atoms with Gasteiger partial charge in [-0.1, -0.05) is 6.07 Å². The number of carbonyl (C=O) groups excluding carboxylic acids is 1. The minimum Gasteiger partial charge on any atom is -0.380 e. The Morgan fingerprint density at radius 3 is 2.94 bits per heavy atom. The van der Waals surface area contributed by atoms with Crippen LogP contribution in [0.25, 0.3) is 0 Å². The van der Waals surface area contributed by atoms with Gasteiger partial charge in [-0.3, -0.25) is 4.79 Å². The van der Waals surface area contributed by atoms with Gasteiger partial charge in [0, 0.05) is 20.7 Å². The standard InChI is InChI=1S/C11H17N3O2/c1-8(16-3)7-13-11(15)9-5-4-6-10(12-2)14-9/h4-6,8H,7H2,1-3H3,(H,12,14)(H,13,15). The fraction of sp³-hybridized carbons (Fsp3) is 0.455. The average molecular weight is 223 g/mol. The molecule has 0 radical (unpaired) electrons. The van der Waals surface area contributed by atoms with Crippen LogP contribution in [0, 0.1) is 0 Å². The number of pyridine rings is 1. The topological polar surface area (TPSA) is 63.2 Å². The third-order valence-electron chi connectivity index (χ3n) is 2.19. The van der Waals surface area contributed by atoms with E-state index in [1.54, 1.807) is 32.4 Å². The lowest BCUT2D eigenvalue weighted by Crippen LogP contribution is -2.32. The highest BCUT2D eigenvalue weighted by Gasteiger charge is 2.08. The zero-order valence-electron chi connectivity index (χ0n) is 9.78. The summed E-state index contributed by atoms with van der Waals surface area (Å²) >= 11 is 0. The van der Waals surface area contributed by atoms with Crippen molar-refractivity contribution in [1.29, 1.82) is 0 Å². The molecule has 5 heteroatoms. The van der Waals surface area contributed by atoms with E-state index in [0.29, 0.717) is 18.1 Å². The Hall–Kier alpha value is -1.62. The molecule has 0 saturated carbocycles. The Kier molecular flexibility index (Phi) is 4.72. The van der Waals surface area contributed by atoms with Crippen LogP contribution in [0.1, 0.15) is 17.4 Å². The van der Waals surface area contributed by atoms with Gasteiger partial charge in [-0.15, -0.1) is 0 Å². The first kappa shape index (κ1) is 12.4. The summed E-state index contributed by atoms with van der Waals surface area (Å²) in [5, 5.41) is 5.63. The van der Waals surface area contributed by atoms with Crippen molar-refractivity contribution in [2.24, 2.45) is 0 Å². The first-order valence-corrected chi connectivity index (χ1v) is 5.13. The Morgan fingerprint density at radius 1 is 1.56 bits per heavy atom. The lowest BCUT2D eigenvalue weighted by molar-refractivity contribution is 0.0866. The highest BCUT2D eigenvalue weighted by atomic mass is 16.5. The molecule has 0 bridgehead atoms. The fourth-order valence-corrected chi connectivity index (χ4v) is 1.11. The first-order chi connectivity index (χ1) is 7.67. The SMILES string of the molecule is CNc1cccc(C(=O)NCC(C)OC)n1. The molecule has 16 heavy (non-hydrogen) atoms. The van der Waals surface area contributed by atoms with Crippen LogP contribution in [-0.4, -0.2) is 37.7 Å². The van der Waals surface area contributed by atoms with Gasteiger partial charge in [0.05, 0.1) is 6.10 Å². The molecule has 0 aliphatic rings. The van der Waals surface area contributed by atoms with E-state index in [-0.39, 0.29) is 12.0 Å². The molecule has 1 aromatic heterocycles. The predicted molar refractivity (Wildman–Crippen MR) is 62.6 cm³/mol. The monoisotopic (exact) mass is 223 g/mol. The Morgan fingerprint density at radius 2 is 2.31 bits per heavy atom. The number of rotatable bonds is 5. The molecule has 0 aliphatic heterocycles. The highest BCUT2D eigenvalue weighted by Crippen LogP contribution is 2.03. The molecule has 88 valence electrons. The summed E-state index contributed by atoms with van der Waals surface area (Å²) in [7, 11) is 3.37. The molecular formula is C11H17N3O2. The Balaban J connectivity index is 2.58. The van der Waals surface area contributed by atoms with Gasteiger partial charge in [-0.2, -0.15) is 0 Å². The second kappa shape index (κ2) is 6.07. The van der Waals surface area contributed by atoms with E-state index in [1.165, 1.54) is 0 Å². The molecule has 0 spiro atoms. The molecule has 2 N–H and O–H groups in total. The molecule has 1 unspecified atom stereocenters. The van der Waals surface area contributed by atoms with Crippen LogP contribution < -0.4 is 10.6 Å². The van der Waals surface area contributed by atoms with Crippen molar-refractivity contribution in [3.05, 3.63) is 23.9 Å². The lowest BCUT2D eigenvalue weighted by Gasteiger charge is -2.10. The Labute approximate surface area is 95.2 Å². The van der Waals surface area contributed by atoms with Crippen molar-refractivity contribution in [3.8, 4) is 0 Å². The normalized spacial score (nSPS) is 11.9. The molecule has 1 amide bonds. The maximum absolute atomic E-state index is 11.7. The maximum atomic E-state index is 11.7. The number of nitrogens with zero attached hydrogens (tertiary/aromatic N) is 1. The molecule has 1 heterocycles. The summed E-state index contributed by atoms with van der Waals surface area (Å²) in [6.45, 7) is 2.36. The van der Waals surface area contributed by atoms with Gasteiger partial charge in [0.1, 0.15) is 11.5 Å². The number of aromatic nitrogens is 1. The summed E-state index contributed by atoms with van der Waals surface area (Å²) in [5.41, 5.74) is 0.398. The Bertz CT molecular complexity index is 355. The van der Waals surface area contributed by atoms with Crippen LogP contribution >= 0.6 is 0 Å². The van der Waals surface area contributed by atoms with E-state index < -0.39 is 0 Å². The molecule has 0 aliphatic carbocycles. The molecular weight excluding hydrogens is 206 g/mol. The zero-order chi connectivity index (χ0) is 12.0. The first-order valence-electron chi connectivity index (χ1n) is 5.13. The van der Waals surface area contributed by atoms with Crippen LogP contribution in [-0.2, 0) is 4.74 Å². The van der Waals surface area contributed by atoms with Crippen molar-refractivity contribution in [2.45, 2.75) is 13.0 Å². The third kappa shape index (κ3) is 3.51. The molecule has 0 aromatic carbocycles. The van der Waals surface area contributed by atoms with Crippen molar-refractivity contribution >= 4 is 11.7 Å². The van der Waals surface area contributed by atoms with Gasteiger partial charge in [0.25, 0.3) is 5.91 Å². The molecule has 0 fully saturated rings. The molecule has 1 aromatic rings. The molecule has 5 nitrogen and oxygen atoms in total. The smallest absolute Gasteiger partial charge is 0.270 e. The second-order valence-electron chi connectivity index (χ2n) is 3.41. The fourth-order valence-electron chi connectivity index (χ4n) is 1.11. The van der Waals surface area contributed by atoms with Gasteiger partial charge < -0.3 is 15.4 Å². The summed E-state index contributed by atoms with van der Waals surface area (Å²) in [6, 6.07) is 5.26. The van der Waals surface area contributed by atoms with Crippen LogP contribution in [0.2, 0.25) is 0 Å². The number of hydrogen-bond donors (Lipinski definition) is 2. The largest absolute Gasteiger partial charge is 0.380 e. The number of amides is 1. The zero-order valence-corrected chi connectivity index (χ0v) is 9.78. The van der Waals surface area contributed by atoms with Crippen molar-refractivity contribution < 1.29 is 9.53 Å². The lowest BCUT2D eigenvalue weighted by atomic mass is 10.3. The van der Waals surface area contributed by atoms with E-state index >= 15 is 0 Å². The van der Waals surface area contributed by atoms with Gasteiger partial charge in [0.15, 0.2) is 0 Å². The van der Waals surface area contributed by atoms with E-state index in [2.05, 4.69) is 15.6 Å². The van der Waals surface area contributed by atoms with E-state index in [9.17, 15) is 4.79 Å². The number of hydrogen-bond acceptors (Lipinski definition) is 4. The van der Waals surface area contributed by atoms with E-state index in [4.69, 9.17) is 4.74 Å². The number of carbonyl (C=O) groups is 1. The number of ether oxygens (including phenoxy) is 1. The van der Waals surface area contributed by atoms with E-state index in [1.807, 2.05) is 6.92 Å². The summed E-state index contributed by atoms with van der Waals surface area (Å²) in [5.74, 6) is 0.480.